The molecule has 2 atom stereocenters. The van der Waals surface area contributed by atoms with E-state index in [0.29, 0.717) is 5.75 Å². The van der Waals surface area contributed by atoms with Gasteiger partial charge in [-0.25, -0.2) is 4.39 Å². The van der Waals surface area contributed by atoms with Gasteiger partial charge in [0, 0.05) is 11.6 Å². The van der Waals surface area contributed by atoms with Gasteiger partial charge in [0.15, 0.2) is 0 Å². The predicted molar refractivity (Wildman–Crippen MR) is 66.4 cm³/mol. The zero-order valence-electron chi connectivity index (χ0n) is 10.0. The molecule has 0 aliphatic heterocycles. The number of rotatable bonds is 3. The first kappa shape index (κ1) is 12.1. The number of nitrogens with two attached hydrogens (primary N) is 1. The highest BCUT2D eigenvalue weighted by molar-refractivity contribution is 5.36. The molecule has 1 aromatic rings. The molecule has 0 bridgehead atoms. The molecular formula is C14H18FNO. The maximum atomic E-state index is 13.2. The molecule has 0 radical (unpaired) electrons. The molecule has 2 nitrogen and oxygen atoms in total. The summed E-state index contributed by atoms with van der Waals surface area (Å²) in [6, 6.07) is 4.30. The summed E-state index contributed by atoms with van der Waals surface area (Å²) in [4.78, 5) is 0. The second-order valence-corrected chi connectivity index (χ2v) is 4.49. The third kappa shape index (κ3) is 3.07. The number of hydrogen-bond donors (Lipinski definition) is 1. The van der Waals surface area contributed by atoms with Gasteiger partial charge in [0.2, 0.25) is 0 Å². The van der Waals surface area contributed by atoms with Crippen LogP contribution in [-0.4, -0.2) is 6.10 Å². The van der Waals surface area contributed by atoms with Crippen LogP contribution >= 0.6 is 0 Å². The standard InChI is InChI=1S/C14H18FNO/c1-10(16)13-9-11(15)7-8-14(13)17-12-5-3-2-4-6-12/h3,5,7-10,12H,2,4,6,16H2,1H3/t10-,12?/m0/s1. The number of allylic oxidation sites excluding steroid dienone is 1. The van der Waals surface area contributed by atoms with Crippen molar-refractivity contribution < 1.29 is 9.13 Å². The molecule has 0 fully saturated rings. The first-order valence-corrected chi connectivity index (χ1v) is 6.05. The molecular weight excluding hydrogens is 217 g/mol. The van der Waals surface area contributed by atoms with E-state index in [0.717, 1.165) is 24.8 Å². The SMILES string of the molecule is C[C@H](N)c1cc(F)ccc1OC1C=CCCC1. The van der Waals surface area contributed by atoms with Gasteiger partial charge < -0.3 is 10.5 Å². The molecule has 1 aliphatic rings. The van der Waals surface area contributed by atoms with Gasteiger partial charge in [0.25, 0.3) is 0 Å². The first-order chi connectivity index (χ1) is 8.16. The van der Waals surface area contributed by atoms with Crippen molar-refractivity contribution in [3.8, 4) is 5.75 Å². The molecule has 0 amide bonds. The molecule has 17 heavy (non-hydrogen) atoms. The van der Waals surface area contributed by atoms with E-state index in [4.69, 9.17) is 10.5 Å². The topological polar surface area (TPSA) is 35.2 Å². The Kier molecular flexibility index (Phi) is 3.79. The molecule has 3 heteroatoms. The molecule has 0 aromatic heterocycles. The number of halogens is 1. The molecule has 0 saturated heterocycles. The molecule has 1 aliphatic carbocycles. The minimum Gasteiger partial charge on any atom is -0.486 e. The molecule has 1 aromatic carbocycles. The van der Waals surface area contributed by atoms with Gasteiger partial charge in [-0.05, 0) is 50.5 Å². The maximum absolute atomic E-state index is 13.2. The minimum atomic E-state index is -0.274. The predicted octanol–water partition coefficient (Wildman–Crippen LogP) is 3.33. The van der Waals surface area contributed by atoms with Crippen LogP contribution in [0.25, 0.3) is 0 Å². The van der Waals surface area contributed by atoms with E-state index in [2.05, 4.69) is 12.2 Å². The van der Waals surface area contributed by atoms with Crippen molar-refractivity contribution in [3.63, 3.8) is 0 Å². The fourth-order valence-electron chi connectivity index (χ4n) is 2.02. The van der Waals surface area contributed by atoms with Crippen molar-refractivity contribution in [2.75, 3.05) is 0 Å². The highest BCUT2D eigenvalue weighted by Gasteiger charge is 2.14. The highest BCUT2D eigenvalue weighted by Crippen LogP contribution is 2.27. The molecule has 2 N–H and O–H groups in total. The van der Waals surface area contributed by atoms with Gasteiger partial charge in [-0.15, -0.1) is 0 Å². The van der Waals surface area contributed by atoms with Crippen LogP contribution in [0.2, 0.25) is 0 Å². The van der Waals surface area contributed by atoms with Crippen molar-refractivity contribution in [2.24, 2.45) is 5.73 Å². The average Bonchev–Trinajstić information content (AvgIpc) is 2.32. The largest absolute Gasteiger partial charge is 0.486 e. The average molecular weight is 235 g/mol. The van der Waals surface area contributed by atoms with Crippen LogP contribution in [0.1, 0.15) is 37.8 Å². The van der Waals surface area contributed by atoms with Crippen LogP contribution in [-0.2, 0) is 0 Å². The van der Waals surface area contributed by atoms with E-state index in [1.807, 2.05) is 6.92 Å². The lowest BCUT2D eigenvalue weighted by atomic mass is 10.0. The van der Waals surface area contributed by atoms with Gasteiger partial charge in [-0.2, -0.15) is 0 Å². The highest BCUT2D eigenvalue weighted by atomic mass is 19.1. The summed E-state index contributed by atoms with van der Waals surface area (Å²) in [7, 11) is 0. The Bertz CT molecular complexity index is 415. The minimum absolute atomic E-state index is 0.0895. The molecule has 0 saturated carbocycles. The van der Waals surface area contributed by atoms with Crippen LogP contribution in [0, 0.1) is 5.82 Å². The molecule has 0 heterocycles. The van der Waals surface area contributed by atoms with E-state index >= 15 is 0 Å². The van der Waals surface area contributed by atoms with Gasteiger partial charge in [-0.3, -0.25) is 0 Å². The zero-order chi connectivity index (χ0) is 12.3. The van der Waals surface area contributed by atoms with Crippen molar-refractivity contribution in [1.29, 1.82) is 0 Å². The lowest BCUT2D eigenvalue weighted by Crippen LogP contribution is -2.18. The zero-order valence-corrected chi connectivity index (χ0v) is 10.0. The Morgan fingerprint density at radius 2 is 2.29 bits per heavy atom. The Balaban J connectivity index is 2.19. The van der Waals surface area contributed by atoms with Gasteiger partial charge in [-0.1, -0.05) is 6.08 Å². The Morgan fingerprint density at radius 1 is 1.47 bits per heavy atom. The van der Waals surface area contributed by atoms with Gasteiger partial charge in [0.1, 0.15) is 17.7 Å². The summed E-state index contributed by atoms with van der Waals surface area (Å²) in [5.41, 5.74) is 6.55. The van der Waals surface area contributed by atoms with E-state index in [1.54, 1.807) is 6.07 Å². The normalized spacial score (nSPS) is 21.2. The maximum Gasteiger partial charge on any atom is 0.125 e. The monoisotopic (exact) mass is 235 g/mol. The number of benzene rings is 1. The summed E-state index contributed by atoms with van der Waals surface area (Å²) in [5, 5.41) is 0. The molecule has 2 rings (SSSR count). The summed E-state index contributed by atoms with van der Waals surface area (Å²) < 4.78 is 19.0. The number of hydrogen-bond acceptors (Lipinski definition) is 2. The van der Waals surface area contributed by atoms with Crippen molar-refractivity contribution in [1.82, 2.24) is 0 Å². The van der Waals surface area contributed by atoms with Crippen molar-refractivity contribution in [3.05, 3.63) is 41.7 Å². The fourth-order valence-corrected chi connectivity index (χ4v) is 2.02. The summed E-state index contributed by atoms with van der Waals surface area (Å²) in [5.74, 6) is 0.418. The summed E-state index contributed by atoms with van der Waals surface area (Å²) >= 11 is 0. The second kappa shape index (κ2) is 5.32. The Hall–Kier alpha value is -1.35. The van der Waals surface area contributed by atoms with E-state index in [-0.39, 0.29) is 18.0 Å². The third-order valence-electron chi connectivity index (χ3n) is 2.95. The van der Waals surface area contributed by atoms with Crippen LogP contribution in [0.5, 0.6) is 5.75 Å². The van der Waals surface area contributed by atoms with Gasteiger partial charge >= 0.3 is 0 Å². The fraction of sp³-hybridized carbons (Fsp3) is 0.429. The molecule has 1 unspecified atom stereocenters. The van der Waals surface area contributed by atoms with Crippen molar-refractivity contribution >= 4 is 0 Å². The van der Waals surface area contributed by atoms with Gasteiger partial charge in [0.05, 0.1) is 0 Å². The quantitative estimate of drug-likeness (QED) is 0.815. The molecule has 92 valence electrons. The Morgan fingerprint density at radius 3 is 2.94 bits per heavy atom. The van der Waals surface area contributed by atoms with Crippen LogP contribution in [0.15, 0.2) is 30.4 Å². The van der Waals surface area contributed by atoms with E-state index in [9.17, 15) is 4.39 Å². The van der Waals surface area contributed by atoms with Crippen LogP contribution in [0.4, 0.5) is 4.39 Å². The van der Waals surface area contributed by atoms with Crippen LogP contribution < -0.4 is 10.5 Å². The lowest BCUT2D eigenvalue weighted by Gasteiger charge is -2.21. The lowest BCUT2D eigenvalue weighted by molar-refractivity contribution is 0.226. The van der Waals surface area contributed by atoms with Crippen molar-refractivity contribution in [2.45, 2.75) is 38.3 Å². The van der Waals surface area contributed by atoms with E-state index < -0.39 is 0 Å². The number of ether oxygens (including phenoxy) is 1. The molecule has 0 spiro atoms. The summed E-state index contributed by atoms with van der Waals surface area (Å²) in [6.07, 6.45) is 7.54. The summed E-state index contributed by atoms with van der Waals surface area (Å²) in [6.45, 7) is 1.83. The second-order valence-electron chi connectivity index (χ2n) is 4.49. The third-order valence-corrected chi connectivity index (χ3v) is 2.95. The van der Waals surface area contributed by atoms with E-state index in [1.165, 1.54) is 12.1 Å². The Labute approximate surface area is 101 Å². The smallest absolute Gasteiger partial charge is 0.125 e. The van der Waals surface area contributed by atoms with Crippen LogP contribution in [0.3, 0.4) is 0 Å². The first-order valence-electron chi connectivity index (χ1n) is 6.05.